The zero-order valence-corrected chi connectivity index (χ0v) is 36.8. The minimum atomic E-state index is -1.42. The number of amides is 4. The molecule has 2 aromatic heterocycles. The molecule has 0 radical (unpaired) electrons. The molecule has 62 heavy (non-hydrogen) atoms. The Morgan fingerprint density at radius 2 is 1.69 bits per heavy atom. The van der Waals surface area contributed by atoms with Crippen LogP contribution in [0.25, 0.3) is 20.7 Å². The number of phenolic OH excluding ortho intramolecular Hbond substituents is 1. The average molecular weight is 874 g/mol. The predicted molar refractivity (Wildman–Crippen MR) is 236 cm³/mol. The maximum Gasteiger partial charge on any atom is 0.242 e. The largest absolute Gasteiger partial charge is 0.507 e. The van der Waals surface area contributed by atoms with Crippen molar-refractivity contribution in [3.05, 3.63) is 100 Å². The quantitative estimate of drug-likeness (QED) is 0.122. The molecule has 2 aliphatic carbocycles. The van der Waals surface area contributed by atoms with Crippen molar-refractivity contribution in [2.45, 2.75) is 58.0 Å². The highest BCUT2D eigenvalue weighted by molar-refractivity contribution is 7.22. The number of thiophene rings is 1. The van der Waals surface area contributed by atoms with Crippen LogP contribution in [0, 0.1) is 36.0 Å². The number of aryl methyl sites for hydroxylation is 2. The standard InChI is InChI=1S/C48H48ClN5O7S/c1-25-32-19-27(49)11-14-38(32)62-43(25)35-23-39(51(3)50-35)54-45(57)34-22-33-30(42(48(34,2)47(54)59)41-36(55)20-29(60-4)21-37(41)61-5)12-13-31-40(33)46(58)53(44(31)56)28-15-17-52(18-16-28)24-26-9-7-6-8-10-26/h6-12,14,19-21,23,28,31,33-34,40,42,55H,13,15-18,22,24H2,1-5H3. The maximum absolute atomic E-state index is 15.4. The number of aromatic hydroxyl groups is 1. The fourth-order valence-electron chi connectivity index (χ4n) is 11.5. The Morgan fingerprint density at radius 1 is 0.935 bits per heavy atom. The number of fused-ring (bicyclic) bond motifs is 5. The van der Waals surface area contributed by atoms with E-state index in [2.05, 4.69) is 17.0 Å². The number of hydrogen-bond donors (Lipinski definition) is 1. The summed E-state index contributed by atoms with van der Waals surface area (Å²) in [6.07, 6.45) is 3.84. The highest BCUT2D eigenvalue weighted by Gasteiger charge is 2.69. The van der Waals surface area contributed by atoms with E-state index in [9.17, 15) is 14.7 Å². The molecular weight excluding hydrogens is 826 g/mol. The first-order chi connectivity index (χ1) is 29.8. The number of carbonyl (C=O) groups excluding carboxylic acids is 4. The van der Waals surface area contributed by atoms with Crippen LogP contribution in [0.2, 0.25) is 5.02 Å². The SMILES string of the molecule is COc1cc(O)c(C2C3=CCC4C(=O)N(C5CCN(Cc6ccccc6)CC5)C(=O)C4C3CC3C(=O)N(c4cc(-c5sc6ccc(Cl)cc6c5C)nn4C)C(=O)C32C)c(OC)c1. The van der Waals surface area contributed by atoms with E-state index >= 15 is 9.59 Å². The van der Waals surface area contributed by atoms with Gasteiger partial charge in [0.05, 0.1) is 42.3 Å². The molecule has 12 nitrogen and oxygen atoms in total. The normalized spacial score (nSPS) is 26.5. The van der Waals surface area contributed by atoms with E-state index in [0.717, 1.165) is 45.7 Å². The monoisotopic (exact) mass is 873 g/mol. The number of piperidine rings is 1. The van der Waals surface area contributed by atoms with Crippen LogP contribution < -0.4 is 14.4 Å². The van der Waals surface area contributed by atoms with Gasteiger partial charge in [-0.3, -0.25) is 33.7 Å². The van der Waals surface area contributed by atoms with Crippen molar-refractivity contribution < 1.29 is 33.8 Å². The van der Waals surface area contributed by atoms with Crippen molar-refractivity contribution in [1.29, 1.82) is 0 Å². The van der Waals surface area contributed by atoms with Crippen molar-refractivity contribution >= 4 is 62.5 Å². The molecule has 4 fully saturated rings. The van der Waals surface area contributed by atoms with Crippen LogP contribution in [0.4, 0.5) is 5.82 Å². The minimum Gasteiger partial charge on any atom is -0.507 e. The number of nitrogens with zero attached hydrogens (tertiary/aromatic N) is 5. The molecule has 1 N–H and O–H groups in total. The van der Waals surface area contributed by atoms with Gasteiger partial charge in [-0.1, -0.05) is 53.6 Å². The lowest BCUT2D eigenvalue weighted by atomic mass is 9.51. The Labute approximate surface area is 368 Å². The molecule has 0 spiro atoms. The van der Waals surface area contributed by atoms with Crippen molar-refractivity contribution in [3.63, 3.8) is 0 Å². The van der Waals surface area contributed by atoms with Gasteiger partial charge in [0.25, 0.3) is 0 Å². The average Bonchev–Trinajstić information content (AvgIpc) is 3.94. The second kappa shape index (κ2) is 15.1. The molecule has 6 unspecified atom stereocenters. The van der Waals surface area contributed by atoms with E-state index in [-0.39, 0.29) is 35.8 Å². The third-order valence-corrected chi connectivity index (χ3v) is 16.1. The molecule has 5 aliphatic rings. The topological polar surface area (TPSA) is 135 Å². The van der Waals surface area contributed by atoms with E-state index in [0.29, 0.717) is 47.1 Å². The lowest BCUT2D eigenvalue weighted by molar-refractivity contribution is -0.144. The van der Waals surface area contributed by atoms with Gasteiger partial charge in [0.1, 0.15) is 28.8 Å². The zero-order chi connectivity index (χ0) is 43.4. The highest BCUT2D eigenvalue weighted by Crippen LogP contribution is 2.66. The summed E-state index contributed by atoms with van der Waals surface area (Å²) < 4.78 is 14.0. The summed E-state index contributed by atoms with van der Waals surface area (Å²) in [6.45, 7) is 6.13. The number of phenols is 1. The number of halogens is 1. The predicted octanol–water partition coefficient (Wildman–Crippen LogP) is 7.88. The van der Waals surface area contributed by atoms with Gasteiger partial charge in [-0.2, -0.15) is 5.10 Å². The summed E-state index contributed by atoms with van der Waals surface area (Å²) in [6, 6.07) is 20.7. The summed E-state index contributed by atoms with van der Waals surface area (Å²) in [5, 5.41) is 18.4. The van der Waals surface area contributed by atoms with Crippen LogP contribution in [0.1, 0.15) is 55.2 Å². The van der Waals surface area contributed by atoms with Crippen LogP contribution in [0.3, 0.4) is 0 Å². The van der Waals surface area contributed by atoms with E-state index in [1.807, 2.05) is 49.4 Å². The first-order valence-electron chi connectivity index (χ1n) is 21.2. The summed E-state index contributed by atoms with van der Waals surface area (Å²) in [7, 11) is 4.69. The molecular formula is C48H48ClN5O7S. The third-order valence-electron chi connectivity index (χ3n) is 14.5. The molecule has 5 aromatic rings. The first kappa shape index (κ1) is 40.6. The number of imide groups is 2. The van der Waals surface area contributed by atoms with Crippen molar-refractivity contribution in [3.8, 4) is 27.8 Å². The number of anilines is 1. The lowest BCUT2D eigenvalue weighted by Gasteiger charge is -2.49. The van der Waals surface area contributed by atoms with Gasteiger partial charge in [-0.25, -0.2) is 4.90 Å². The molecule has 5 heterocycles. The Hall–Kier alpha value is -5.50. The van der Waals surface area contributed by atoms with Gasteiger partial charge >= 0.3 is 0 Å². The molecule has 320 valence electrons. The molecule has 4 amide bonds. The molecule has 3 aliphatic heterocycles. The van der Waals surface area contributed by atoms with Gasteiger partial charge in [0.15, 0.2) is 0 Å². The molecule has 0 bridgehead atoms. The third kappa shape index (κ3) is 6.06. The fourth-order valence-corrected chi connectivity index (χ4v) is 12.8. The fraction of sp³-hybridized carbons (Fsp3) is 0.396. The molecule has 10 rings (SSSR count). The van der Waals surface area contributed by atoms with Gasteiger partial charge < -0.3 is 14.6 Å². The number of aromatic nitrogens is 2. The van der Waals surface area contributed by atoms with Crippen LogP contribution in [0.15, 0.2) is 78.4 Å². The second-order valence-electron chi connectivity index (χ2n) is 17.7. The highest BCUT2D eigenvalue weighted by atomic mass is 35.5. The van der Waals surface area contributed by atoms with Crippen LogP contribution in [-0.2, 0) is 32.8 Å². The van der Waals surface area contributed by atoms with Gasteiger partial charge in [-0.05, 0) is 80.2 Å². The van der Waals surface area contributed by atoms with Crippen molar-refractivity contribution in [2.75, 3.05) is 32.2 Å². The van der Waals surface area contributed by atoms with E-state index in [4.69, 9.17) is 26.2 Å². The molecule has 14 heteroatoms. The molecule has 3 saturated heterocycles. The van der Waals surface area contributed by atoms with Crippen LogP contribution in [0.5, 0.6) is 17.2 Å². The van der Waals surface area contributed by atoms with Gasteiger partial charge in [0, 0.05) is 72.1 Å². The van der Waals surface area contributed by atoms with Crippen molar-refractivity contribution in [2.24, 2.45) is 36.1 Å². The van der Waals surface area contributed by atoms with Crippen LogP contribution in [-0.4, -0.2) is 81.7 Å². The van der Waals surface area contributed by atoms with Crippen molar-refractivity contribution in [1.82, 2.24) is 19.6 Å². The summed E-state index contributed by atoms with van der Waals surface area (Å²) in [5.74, 6) is -4.06. The Bertz CT molecular complexity index is 2720. The number of rotatable bonds is 8. The lowest BCUT2D eigenvalue weighted by Crippen LogP contribution is -2.49. The molecule has 3 aromatic carbocycles. The van der Waals surface area contributed by atoms with Gasteiger partial charge in [0.2, 0.25) is 23.6 Å². The molecule has 6 atom stereocenters. The van der Waals surface area contributed by atoms with E-state index in [1.165, 1.54) is 35.6 Å². The number of hydrogen-bond acceptors (Lipinski definition) is 10. The number of allylic oxidation sites excluding steroid dienone is 2. The van der Waals surface area contributed by atoms with Gasteiger partial charge in [-0.15, -0.1) is 11.3 Å². The number of methoxy groups -OCH3 is 2. The maximum atomic E-state index is 15.4. The summed E-state index contributed by atoms with van der Waals surface area (Å²) in [4.78, 5) is 65.9. The van der Waals surface area contributed by atoms with Crippen LogP contribution >= 0.6 is 22.9 Å². The zero-order valence-electron chi connectivity index (χ0n) is 35.3. The molecule has 1 saturated carbocycles. The number of ether oxygens (including phenoxy) is 2. The Morgan fingerprint density at radius 3 is 2.42 bits per heavy atom. The van der Waals surface area contributed by atoms with E-state index in [1.54, 1.807) is 42.1 Å². The number of carbonyl (C=O) groups is 4. The summed E-state index contributed by atoms with van der Waals surface area (Å²) >= 11 is 7.92. The number of benzene rings is 3. The van der Waals surface area contributed by atoms with E-state index < -0.39 is 46.8 Å². The number of likely N-dealkylation sites (tertiary alicyclic amines) is 2. The Kier molecular flexibility index (Phi) is 9.88. The smallest absolute Gasteiger partial charge is 0.242 e. The second-order valence-corrected chi connectivity index (χ2v) is 19.2. The minimum absolute atomic E-state index is 0.158. The summed E-state index contributed by atoms with van der Waals surface area (Å²) in [5.41, 5.74) is 2.51. The Balaban J connectivity index is 1.02. The first-order valence-corrected chi connectivity index (χ1v) is 22.4.